The molecule has 342 valence electrons. The number of fused-ring (bicyclic) bond motifs is 9. The predicted octanol–water partition coefficient (Wildman–Crippen LogP) is 3.51. The van der Waals surface area contributed by atoms with E-state index < -0.39 is 50.6 Å². The first kappa shape index (κ1) is 48.1. The summed E-state index contributed by atoms with van der Waals surface area (Å²) < 4.78 is 56.3. The molecule has 5 aliphatic heterocycles. The molecule has 1 saturated carbocycles. The van der Waals surface area contributed by atoms with Gasteiger partial charge in [-0.2, -0.15) is 0 Å². The summed E-state index contributed by atoms with van der Waals surface area (Å²) in [6.07, 6.45) is 8.19. The smallest absolute Gasteiger partial charge is 0.748 e. The number of aliphatic imine (C=N–C) groups is 1. The first-order valence-electron chi connectivity index (χ1n) is 23.3. The van der Waals surface area contributed by atoms with Crippen LogP contribution in [0.1, 0.15) is 135 Å². The number of nitrogens with zero attached hydrogens (tertiary/aromatic N) is 1. The van der Waals surface area contributed by atoms with Crippen molar-refractivity contribution in [3.63, 3.8) is 0 Å². The molecular formula is C51H62N3NaO9S. The molecule has 0 unspecified atom stereocenters. The van der Waals surface area contributed by atoms with Gasteiger partial charge in [0.25, 0.3) is 0 Å². The molecule has 5 heterocycles. The van der Waals surface area contributed by atoms with Crippen LogP contribution in [0.25, 0.3) is 0 Å². The minimum Gasteiger partial charge on any atom is -0.748 e. The summed E-state index contributed by atoms with van der Waals surface area (Å²) in [6.45, 7) is 1.91. The molecule has 65 heavy (non-hydrogen) atoms. The van der Waals surface area contributed by atoms with Crippen molar-refractivity contribution in [1.82, 2.24) is 0 Å². The number of ether oxygens (including phenoxy) is 2. The van der Waals surface area contributed by atoms with E-state index in [1.54, 1.807) is 12.1 Å². The van der Waals surface area contributed by atoms with Crippen LogP contribution in [0.15, 0.2) is 77.3 Å². The number of aromatic hydroxyl groups is 1. The molecule has 3 aromatic carbocycles. The second kappa shape index (κ2) is 19.3. The topological polar surface area (TPSA) is 221 Å². The Morgan fingerprint density at radius 3 is 2.48 bits per heavy atom. The molecular weight excluding hydrogens is 854 g/mol. The van der Waals surface area contributed by atoms with Gasteiger partial charge in [-0.25, -0.2) is 13.4 Å². The predicted molar refractivity (Wildman–Crippen MR) is 242 cm³/mol. The number of phenolic OH excluding ortho intramolecular Hbond substituents is 1. The normalized spacial score (nSPS) is 31.6. The number of aliphatic hydroxyl groups is 3. The maximum atomic E-state index is 14.1. The summed E-state index contributed by atoms with van der Waals surface area (Å²) in [4.78, 5) is 4.89. The molecule has 0 aromatic heterocycles. The van der Waals surface area contributed by atoms with Crippen LogP contribution in [0.2, 0.25) is 0 Å². The molecule has 0 radical (unpaired) electrons. The Labute approximate surface area is 405 Å². The molecule has 8 N–H and O–H groups in total. The largest absolute Gasteiger partial charge is 1.00 e. The number of aryl methyl sites for hydroxylation is 1. The van der Waals surface area contributed by atoms with Gasteiger partial charge in [0.2, 0.25) is 5.72 Å². The Bertz CT molecular complexity index is 2460. The summed E-state index contributed by atoms with van der Waals surface area (Å²) in [7, 11) is -4.91. The molecule has 11 atom stereocenters. The number of allylic oxidation sites excluding steroid dienone is 1. The zero-order chi connectivity index (χ0) is 45.0. The van der Waals surface area contributed by atoms with Crippen LogP contribution in [0.3, 0.4) is 0 Å². The Hall–Kier alpha value is -3.42. The number of phenols is 1. The van der Waals surface area contributed by atoms with Crippen molar-refractivity contribution in [2.24, 2.45) is 46.0 Å². The molecule has 12 nitrogen and oxygen atoms in total. The summed E-state index contributed by atoms with van der Waals surface area (Å²) in [5, 5.41) is 42.3. The van der Waals surface area contributed by atoms with Crippen molar-refractivity contribution >= 4 is 16.1 Å². The maximum Gasteiger partial charge on any atom is 1.00 e. The van der Waals surface area contributed by atoms with E-state index in [4.69, 9.17) is 25.9 Å². The van der Waals surface area contributed by atoms with E-state index in [-0.39, 0.29) is 97.1 Å². The third kappa shape index (κ3) is 9.68. The molecule has 2 fully saturated rings. The van der Waals surface area contributed by atoms with Crippen LogP contribution in [0.4, 0.5) is 0 Å². The quantitative estimate of drug-likeness (QED) is 0.0480. The van der Waals surface area contributed by atoms with Crippen LogP contribution in [0.5, 0.6) is 11.5 Å². The van der Waals surface area contributed by atoms with Gasteiger partial charge < -0.3 is 45.9 Å². The summed E-state index contributed by atoms with van der Waals surface area (Å²) >= 11 is 0. The van der Waals surface area contributed by atoms with Gasteiger partial charge in [-0.3, -0.25) is 0 Å². The number of benzene rings is 3. The molecule has 8 aliphatic rings. The zero-order valence-corrected chi connectivity index (χ0v) is 40.4. The van der Waals surface area contributed by atoms with Crippen molar-refractivity contribution in [2.45, 2.75) is 131 Å². The Morgan fingerprint density at radius 1 is 1.02 bits per heavy atom. The number of hydrogen-bond acceptors (Lipinski definition) is 10. The van der Waals surface area contributed by atoms with Crippen molar-refractivity contribution in [3.8, 4) is 23.3 Å². The molecule has 3 aliphatic carbocycles. The van der Waals surface area contributed by atoms with Gasteiger partial charge in [0.05, 0.1) is 27.1 Å². The first-order valence-corrected chi connectivity index (χ1v) is 24.7. The number of hydrogen-bond donors (Lipinski definition) is 6. The Balaban J connectivity index is 0.00000576. The van der Waals surface area contributed by atoms with Crippen molar-refractivity contribution in [3.05, 3.63) is 106 Å². The van der Waals surface area contributed by atoms with E-state index in [0.717, 1.165) is 53.5 Å². The molecule has 10 bridgehead atoms. The molecule has 0 amide bonds. The van der Waals surface area contributed by atoms with Crippen LogP contribution >= 0.6 is 0 Å². The monoisotopic (exact) mass is 915 g/mol. The molecule has 1 saturated heterocycles. The minimum absolute atomic E-state index is 0. The fourth-order valence-electron chi connectivity index (χ4n) is 12.6. The van der Waals surface area contributed by atoms with Crippen molar-refractivity contribution in [1.29, 1.82) is 0 Å². The average molecular weight is 916 g/mol. The van der Waals surface area contributed by atoms with Gasteiger partial charge >= 0.3 is 29.6 Å². The minimum atomic E-state index is -4.91. The number of guanidine groups is 1. The number of aliphatic hydroxyl groups excluding tert-OH is 2. The number of nitrogens with two attached hydrogens (primary N) is 2. The molecule has 11 rings (SSSR count). The van der Waals surface area contributed by atoms with Crippen LogP contribution in [-0.4, -0.2) is 69.5 Å². The van der Waals surface area contributed by atoms with E-state index in [9.17, 15) is 33.4 Å². The van der Waals surface area contributed by atoms with E-state index in [1.807, 2.05) is 54.6 Å². The van der Waals surface area contributed by atoms with Gasteiger partial charge in [0, 0.05) is 42.7 Å². The second-order valence-electron chi connectivity index (χ2n) is 19.8. The number of rotatable bonds is 8. The third-order valence-electron chi connectivity index (χ3n) is 15.8. The van der Waals surface area contributed by atoms with E-state index in [2.05, 4.69) is 18.8 Å². The first-order chi connectivity index (χ1) is 30.7. The molecule has 3 aromatic rings. The third-order valence-corrected chi connectivity index (χ3v) is 17.0. The van der Waals surface area contributed by atoms with E-state index in [1.165, 1.54) is 0 Å². The van der Waals surface area contributed by atoms with E-state index in [0.29, 0.717) is 61.8 Å². The SMILES string of the molecule is C[C@@H]1CCc2cc3ccc2[C@H]1C[C@@H](S(=O)(=O)[O-])[C@H]1C=C2C[C@H](C[C@H]4C[C@@H](CO)CC#Cc5cc(O)ccc5[C@@H]2O4)[C@@H]1c1ccc(cc1)[C@](C[C@@H](CCO)C1(O)CCCC1)(N=C(N)N)O3.[Na+]. The molecule has 14 heteroatoms. The Morgan fingerprint density at radius 2 is 1.77 bits per heavy atom. The van der Waals surface area contributed by atoms with Crippen LogP contribution in [0, 0.1) is 41.4 Å². The average Bonchev–Trinajstić information content (AvgIpc) is 3.65. The summed E-state index contributed by atoms with van der Waals surface area (Å²) in [5.74, 6) is 4.78. The van der Waals surface area contributed by atoms with Gasteiger partial charge in [-0.1, -0.05) is 74.1 Å². The van der Waals surface area contributed by atoms with Crippen molar-refractivity contribution in [2.75, 3.05) is 13.2 Å². The fraction of sp³-hybridized carbons (Fsp3) is 0.549. The Kier molecular flexibility index (Phi) is 14.3. The van der Waals surface area contributed by atoms with E-state index >= 15 is 0 Å². The van der Waals surface area contributed by atoms with Gasteiger partial charge in [-0.05, 0) is 146 Å². The maximum absolute atomic E-state index is 14.1. The standard InChI is InChI=1S/C51H63N3O9S.Na/c1-30-7-8-34-24-40-14-16-42(34)44(30)27-46(64(59,60)61)45-26-36-22-35(25-41-21-31(29-56)5-4-6-33-23-39(57)13-15-43(33)48(36)62-41)47(45)32-9-11-37(12-10-32)51(63-40,54-49(52)53)28-38(17-20-55)50(58)18-2-3-19-50;/h9-16,23-24,26,30-31,35,38,41,44-48,55-58H,2-3,5,7-8,17-22,25,27-29H2,1H3,(H4,52,53,54)(H,59,60,61);/q;+1/p-1/t30-,31+,35-,38-,41-,44+,45-,46-,47+,48-,51-;/m1./s1. The molecule has 0 spiro atoms. The van der Waals surface area contributed by atoms with Crippen LogP contribution < -0.4 is 45.8 Å². The second-order valence-corrected chi connectivity index (χ2v) is 21.4. The fourth-order valence-corrected chi connectivity index (χ4v) is 13.7. The van der Waals surface area contributed by atoms with Gasteiger partial charge in [0.1, 0.15) is 17.6 Å². The van der Waals surface area contributed by atoms with Gasteiger partial charge in [-0.15, -0.1) is 0 Å². The summed E-state index contributed by atoms with van der Waals surface area (Å²) in [6, 6.07) is 18.7. The van der Waals surface area contributed by atoms with Crippen LogP contribution in [-0.2, 0) is 27.0 Å². The van der Waals surface area contributed by atoms with Crippen molar-refractivity contribution < 1.29 is 72.4 Å². The summed E-state index contributed by atoms with van der Waals surface area (Å²) in [5.41, 5.74) is 15.7. The zero-order valence-electron chi connectivity index (χ0n) is 37.6. The van der Waals surface area contributed by atoms with Gasteiger partial charge in [0.15, 0.2) is 5.96 Å².